The van der Waals surface area contributed by atoms with Crippen molar-refractivity contribution in [3.05, 3.63) is 23.8 Å². The third-order valence-corrected chi connectivity index (χ3v) is 2.55. The van der Waals surface area contributed by atoms with Crippen LogP contribution in [0.1, 0.15) is 32.3 Å². The lowest BCUT2D eigenvalue weighted by Gasteiger charge is -2.23. The van der Waals surface area contributed by atoms with E-state index in [1.54, 1.807) is 13.3 Å². The van der Waals surface area contributed by atoms with Gasteiger partial charge in [-0.1, -0.05) is 0 Å². The second-order valence-corrected chi connectivity index (χ2v) is 4.48. The van der Waals surface area contributed by atoms with Crippen LogP contribution in [-0.2, 0) is 21.6 Å². The fourth-order valence-corrected chi connectivity index (χ4v) is 1.60. The Morgan fingerprint density at radius 1 is 1.39 bits per heavy atom. The summed E-state index contributed by atoms with van der Waals surface area (Å²) in [4.78, 5) is 8.81. The quantitative estimate of drug-likeness (QED) is 0.711. The lowest BCUT2D eigenvalue weighted by molar-refractivity contribution is -0.0209. The fraction of sp³-hybridized carbons (Fsp3) is 0.692. The maximum absolute atomic E-state index is 5.65. The minimum atomic E-state index is -0.447. The maximum Gasteiger partial charge on any atom is 0.159 e. The van der Waals surface area contributed by atoms with Gasteiger partial charge in [0.2, 0.25) is 0 Å². The second-order valence-electron chi connectivity index (χ2n) is 4.48. The van der Waals surface area contributed by atoms with Crippen molar-refractivity contribution in [3.8, 4) is 0 Å². The van der Waals surface area contributed by atoms with Crippen LogP contribution >= 0.6 is 0 Å². The number of ether oxygens (including phenoxy) is 2. The van der Waals surface area contributed by atoms with Gasteiger partial charge in [-0.3, -0.25) is 0 Å². The molecule has 0 atom stereocenters. The molecule has 0 aromatic carbocycles. The first-order valence-corrected chi connectivity index (χ1v) is 6.26. The average molecular weight is 253 g/mol. The van der Waals surface area contributed by atoms with E-state index in [-0.39, 0.29) is 0 Å². The predicted octanol–water partition coefficient (Wildman–Crippen LogP) is 1.48. The molecule has 0 radical (unpaired) electrons. The Balaban J connectivity index is 2.61. The summed E-state index contributed by atoms with van der Waals surface area (Å²) in [6, 6.07) is 1.91. The van der Waals surface area contributed by atoms with Crippen LogP contribution < -0.4 is 5.32 Å². The van der Waals surface area contributed by atoms with Crippen molar-refractivity contribution in [3.63, 3.8) is 0 Å². The molecular weight excluding hydrogens is 230 g/mol. The average Bonchev–Trinajstić information content (AvgIpc) is 2.35. The summed E-state index contributed by atoms with van der Waals surface area (Å²) in [5.41, 5.74) is 0.515. The Bertz CT molecular complexity index is 356. The van der Waals surface area contributed by atoms with Crippen molar-refractivity contribution in [1.29, 1.82) is 0 Å². The first-order chi connectivity index (χ1) is 8.60. The van der Waals surface area contributed by atoms with E-state index in [0.717, 1.165) is 18.1 Å². The number of rotatable bonds is 8. The molecule has 102 valence electrons. The Morgan fingerprint density at radius 2 is 2.17 bits per heavy atom. The van der Waals surface area contributed by atoms with Gasteiger partial charge < -0.3 is 14.8 Å². The molecule has 0 aliphatic carbocycles. The predicted molar refractivity (Wildman–Crippen MR) is 70.3 cm³/mol. The highest BCUT2D eigenvalue weighted by atomic mass is 16.5. The third-order valence-electron chi connectivity index (χ3n) is 2.55. The highest BCUT2D eigenvalue weighted by Gasteiger charge is 2.24. The molecule has 1 aromatic heterocycles. The van der Waals surface area contributed by atoms with E-state index < -0.39 is 5.60 Å². The molecule has 0 aliphatic rings. The lowest BCUT2D eigenvalue weighted by Crippen LogP contribution is -2.26. The van der Waals surface area contributed by atoms with Gasteiger partial charge in [-0.25, -0.2) is 9.97 Å². The summed E-state index contributed by atoms with van der Waals surface area (Å²) < 4.78 is 10.6. The molecule has 5 nitrogen and oxygen atoms in total. The van der Waals surface area contributed by atoms with Gasteiger partial charge in [0.15, 0.2) is 5.82 Å². The van der Waals surface area contributed by atoms with Gasteiger partial charge in [-0.05, 0) is 26.8 Å². The summed E-state index contributed by atoms with van der Waals surface area (Å²) in [7, 11) is 1.69. The van der Waals surface area contributed by atoms with Crippen LogP contribution in [-0.4, -0.2) is 36.8 Å². The van der Waals surface area contributed by atoms with Crippen LogP contribution in [0.15, 0.2) is 12.3 Å². The Morgan fingerprint density at radius 3 is 2.83 bits per heavy atom. The number of aromatic nitrogens is 2. The van der Waals surface area contributed by atoms with Gasteiger partial charge in [0.05, 0.1) is 12.3 Å². The van der Waals surface area contributed by atoms with Crippen LogP contribution in [0.4, 0.5) is 0 Å². The zero-order valence-corrected chi connectivity index (χ0v) is 11.7. The van der Waals surface area contributed by atoms with E-state index in [1.807, 2.05) is 26.8 Å². The summed E-state index contributed by atoms with van der Waals surface area (Å²) in [5.74, 6) is 0.718. The van der Waals surface area contributed by atoms with E-state index in [0.29, 0.717) is 19.8 Å². The number of nitrogens with zero attached hydrogens (tertiary/aromatic N) is 2. The number of nitrogens with one attached hydrogen (secondary N) is 1. The largest absolute Gasteiger partial charge is 0.383 e. The van der Waals surface area contributed by atoms with Crippen molar-refractivity contribution in [2.75, 3.05) is 26.9 Å². The molecule has 1 heterocycles. The molecule has 0 saturated carbocycles. The number of hydrogen-bond donors (Lipinski definition) is 1. The van der Waals surface area contributed by atoms with Gasteiger partial charge in [0, 0.05) is 33.0 Å². The molecule has 0 unspecified atom stereocenters. The van der Waals surface area contributed by atoms with E-state index >= 15 is 0 Å². The summed E-state index contributed by atoms with van der Waals surface area (Å²) >= 11 is 0. The SMILES string of the molecule is CCOC(C)(C)c1nccc(CNCCOC)n1. The van der Waals surface area contributed by atoms with Crippen LogP contribution in [0.3, 0.4) is 0 Å². The van der Waals surface area contributed by atoms with E-state index in [2.05, 4.69) is 15.3 Å². The highest BCUT2D eigenvalue weighted by molar-refractivity contribution is 5.06. The van der Waals surface area contributed by atoms with Gasteiger partial charge in [-0.15, -0.1) is 0 Å². The molecule has 0 bridgehead atoms. The van der Waals surface area contributed by atoms with Crippen molar-refractivity contribution in [1.82, 2.24) is 15.3 Å². The molecule has 5 heteroatoms. The van der Waals surface area contributed by atoms with E-state index in [1.165, 1.54) is 0 Å². The Hall–Kier alpha value is -1.04. The van der Waals surface area contributed by atoms with Gasteiger partial charge in [-0.2, -0.15) is 0 Å². The van der Waals surface area contributed by atoms with Crippen molar-refractivity contribution in [2.24, 2.45) is 0 Å². The summed E-state index contributed by atoms with van der Waals surface area (Å²) in [6.45, 7) is 8.79. The van der Waals surface area contributed by atoms with Crippen LogP contribution in [0, 0.1) is 0 Å². The fourth-order valence-electron chi connectivity index (χ4n) is 1.60. The molecule has 0 spiro atoms. The molecule has 0 amide bonds. The van der Waals surface area contributed by atoms with Crippen LogP contribution in [0.25, 0.3) is 0 Å². The molecule has 1 rings (SSSR count). The number of hydrogen-bond acceptors (Lipinski definition) is 5. The molecular formula is C13H23N3O2. The minimum Gasteiger partial charge on any atom is -0.383 e. The maximum atomic E-state index is 5.65. The zero-order chi connectivity index (χ0) is 13.4. The molecule has 1 aromatic rings. The van der Waals surface area contributed by atoms with Crippen molar-refractivity contribution >= 4 is 0 Å². The molecule has 0 fully saturated rings. The zero-order valence-electron chi connectivity index (χ0n) is 11.7. The lowest BCUT2D eigenvalue weighted by atomic mass is 10.1. The Kier molecular flexibility index (Phi) is 6.18. The first kappa shape index (κ1) is 15.0. The summed E-state index contributed by atoms with van der Waals surface area (Å²) in [6.07, 6.45) is 1.77. The molecule has 18 heavy (non-hydrogen) atoms. The molecule has 1 N–H and O–H groups in total. The van der Waals surface area contributed by atoms with Gasteiger partial charge in [0.1, 0.15) is 5.60 Å². The normalized spacial score (nSPS) is 11.8. The van der Waals surface area contributed by atoms with Crippen LogP contribution in [0.2, 0.25) is 0 Å². The third kappa shape index (κ3) is 4.68. The smallest absolute Gasteiger partial charge is 0.159 e. The van der Waals surface area contributed by atoms with Gasteiger partial charge in [0.25, 0.3) is 0 Å². The first-order valence-electron chi connectivity index (χ1n) is 6.26. The highest BCUT2D eigenvalue weighted by Crippen LogP contribution is 2.20. The van der Waals surface area contributed by atoms with E-state index in [4.69, 9.17) is 9.47 Å². The molecule has 0 saturated heterocycles. The molecule has 0 aliphatic heterocycles. The van der Waals surface area contributed by atoms with Crippen molar-refractivity contribution < 1.29 is 9.47 Å². The standard InChI is InChI=1S/C13H23N3O2/c1-5-18-13(2,3)12-15-7-6-11(16-12)10-14-8-9-17-4/h6-7,14H,5,8-10H2,1-4H3. The minimum absolute atomic E-state index is 0.447. The second kappa shape index (κ2) is 7.41. The Labute approximate surface area is 109 Å². The monoisotopic (exact) mass is 253 g/mol. The van der Waals surface area contributed by atoms with E-state index in [9.17, 15) is 0 Å². The summed E-state index contributed by atoms with van der Waals surface area (Å²) in [5, 5.41) is 3.26. The van der Waals surface area contributed by atoms with Crippen LogP contribution in [0.5, 0.6) is 0 Å². The van der Waals surface area contributed by atoms with Crippen molar-refractivity contribution in [2.45, 2.75) is 32.9 Å². The topological polar surface area (TPSA) is 56.3 Å². The number of methoxy groups -OCH3 is 1. The van der Waals surface area contributed by atoms with Gasteiger partial charge >= 0.3 is 0 Å².